The SMILES string of the molecule is CCCC[C@]1(O)CCCc2cc(OC)ccc21. The summed E-state index contributed by atoms with van der Waals surface area (Å²) in [5, 5.41) is 10.8. The summed E-state index contributed by atoms with van der Waals surface area (Å²) in [6, 6.07) is 6.08. The van der Waals surface area contributed by atoms with Gasteiger partial charge in [0.1, 0.15) is 5.75 Å². The van der Waals surface area contributed by atoms with Gasteiger partial charge in [-0.05, 0) is 48.9 Å². The number of aliphatic hydroxyl groups is 1. The van der Waals surface area contributed by atoms with Gasteiger partial charge in [0, 0.05) is 0 Å². The van der Waals surface area contributed by atoms with Crippen LogP contribution in [0.3, 0.4) is 0 Å². The molecule has 0 heterocycles. The second-order valence-corrected chi connectivity index (χ2v) is 5.01. The Morgan fingerprint density at radius 3 is 2.94 bits per heavy atom. The highest BCUT2D eigenvalue weighted by Crippen LogP contribution is 2.40. The molecule has 0 radical (unpaired) electrons. The number of rotatable bonds is 4. The number of hydrogen-bond acceptors (Lipinski definition) is 2. The standard InChI is InChI=1S/C15H22O2/c1-3-4-9-15(16)10-5-6-12-11-13(17-2)7-8-14(12)15/h7-8,11,16H,3-6,9-10H2,1-2H3/t15-/m0/s1. The monoisotopic (exact) mass is 234 g/mol. The fraction of sp³-hybridized carbons (Fsp3) is 0.600. The number of benzene rings is 1. The maximum atomic E-state index is 10.8. The number of aryl methyl sites for hydroxylation is 1. The minimum absolute atomic E-state index is 0.601. The van der Waals surface area contributed by atoms with Crippen LogP contribution >= 0.6 is 0 Å². The molecular weight excluding hydrogens is 212 g/mol. The third-order valence-electron chi connectivity index (χ3n) is 3.79. The third kappa shape index (κ3) is 2.47. The van der Waals surface area contributed by atoms with Crippen LogP contribution in [0, 0.1) is 0 Å². The average Bonchev–Trinajstić information content (AvgIpc) is 2.36. The molecule has 17 heavy (non-hydrogen) atoms. The summed E-state index contributed by atoms with van der Waals surface area (Å²) in [4.78, 5) is 0. The normalized spacial score (nSPS) is 23.2. The average molecular weight is 234 g/mol. The van der Waals surface area contributed by atoms with E-state index in [-0.39, 0.29) is 0 Å². The van der Waals surface area contributed by atoms with E-state index in [0.29, 0.717) is 0 Å². The fourth-order valence-corrected chi connectivity index (χ4v) is 2.79. The lowest BCUT2D eigenvalue weighted by Crippen LogP contribution is -2.30. The van der Waals surface area contributed by atoms with Crippen molar-refractivity contribution in [2.75, 3.05) is 7.11 Å². The zero-order valence-electron chi connectivity index (χ0n) is 10.8. The van der Waals surface area contributed by atoms with E-state index in [1.165, 1.54) is 5.56 Å². The zero-order valence-corrected chi connectivity index (χ0v) is 10.8. The Hall–Kier alpha value is -1.02. The van der Waals surface area contributed by atoms with Gasteiger partial charge in [0.15, 0.2) is 0 Å². The van der Waals surface area contributed by atoms with E-state index in [0.717, 1.165) is 49.8 Å². The van der Waals surface area contributed by atoms with E-state index in [4.69, 9.17) is 4.74 Å². The van der Waals surface area contributed by atoms with Crippen LogP contribution in [0.25, 0.3) is 0 Å². The molecule has 0 aromatic heterocycles. The maximum Gasteiger partial charge on any atom is 0.119 e. The first-order chi connectivity index (χ1) is 8.19. The summed E-state index contributed by atoms with van der Waals surface area (Å²) in [5.74, 6) is 0.892. The lowest BCUT2D eigenvalue weighted by molar-refractivity contribution is 0.00794. The number of hydrogen-bond donors (Lipinski definition) is 1. The Labute approximate surface area is 104 Å². The van der Waals surface area contributed by atoms with Crippen LogP contribution in [-0.2, 0) is 12.0 Å². The second-order valence-electron chi connectivity index (χ2n) is 5.01. The summed E-state index contributed by atoms with van der Waals surface area (Å²) in [7, 11) is 1.69. The molecule has 1 atom stereocenters. The molecular formula is C15H22O2. The molecule has 0 saturated heterocycles. The van der Waals surface area contributed by atoms with E-state index in [2.05, 4.69) is 13.0 Å². The molecule has 1 aliphatic carbocycles. The van der Waals surface area contributed by atoms with Crippen LogP contribution in [0.4, 0.5) is 0 Å². The molecule has 2 rings (SSSR count). The van der Waals surface area contributed by atoms with Crippen LogP contribution in [0.2, 0.25) is 0 Å². The van der Waals surface area contributed by atoms with Crippen LogP contribution < -0.4 is 4.74 Å². The van der Waals surface area contributed by atoms with Crippen molar-refractivity contribution in [1.29, 1.82) is 0 Å². The minimum Gasteiger partial charge on any atom is -0.497 e. The molecule has 2 nitrogen and oxygen atoms in total. The molecule has 0 spiro atoms. The van der Waals surface area contributed by atoms with Crippen molar-refractivity contribution in [2.24, 2.45) is 0 Å². The molecule has 2 heteroatoms. The van der Waals surface area contributed by atoms with Crippen molar-refractivity contribution in [3.05, 3.63) is 29.3 Å². The number of ether oxygens (including phenoxy) is 1. The highest BCUT2D eigenvalue weighted by Gasteiger charge is 2.33. The molecule has 1 N–H and O–H groups in total. The van der Waals surface area contributed by atoms with Crippen molar-refractivity contribution in [2.45, 2.75) is 51.0 Å². The van der Waals surface area contributed by atoms with Crippen LogP contribution in [-0.4, -0.2) is 12.2 Å². The topological polar surface area (TPSA) is 29.5 Å². The molecule has 0 aliphatic heterocycles. The highest BCUT2D eigenvalue weighted by atomic mass is 16.5. The van der Waals surface area contributed by atoms with E-state index >= 15 is 0 Å². The Balaban J connectivity index is 2.30. The van der Waals surface area contributed by atoms with E-state index < -0.39 is 5.60 Å². The van der Waals surface area contributed by atoms with Crippen molar-refractivity contribution in [1.82, 2.24) is 0 Å². The number of fused-ring (bicyclic) bond motifs is 1. The van der Waals surface area contributed by atoms with Gasteiger partial charge in [-0.15, -0.1) is 0 Å². The summed E-state index contributed by atoms with van der Waals surface area (Å²) in [5.41, 5.74) is 1.78. The van der Waals surface area contributed by atoms with E-state index in [1.807, 2.05) is 12.1 Å². The quantitative estimate of drug-likeness (QED) is 0.865. The predicted molar refractivity (Wildman–Crippen MR) is 69.4 cm³/mol. The summed E-state index contributed by atoms with van der Waals surface area (Å²) < 4.78 is 5.25. The van der Waals surface area contributed by atoms with Gasteiger partial charge in [-0.2, -0.15) is 0 Å². The van der Waals surface area contributed by atoms with Gasteiger partial charge < -0.3 is 9.84 Å². The Bertz CT molecular complexity index is 387. The molecule has 0 unspecified atom stereocenters. The van der Waals surface area contributed by atoms with E-state index in [1.54, 1.807) is 7.11 Å². The molecule has 1 aliphatic rings. The third-order valence-corrected chi connectivity index (χ3v) is 3.79. The van der Waals surface area contributed by atoms with Gasteiger partial charge in [0.2, 0.25) is 0 Å². The number of unbranched alkanes of at least 4 members (excludes halogenated alkanes) is 1. The number of methoxy groups -OCH3 is 1. The Morgan fingerprint density at radius 1 is 1.41 bits per heavy atom. The second kappa shape index (κ2) is 5.09. The van der Waals surface area contributed by atoms with Gasteiger partial charge in [0.25, 0.3) is 0 Å². The van der Waals surface area contributed by atoms with Crippen molar-refractivity contribution >= 4 is 0 Å². The van der Waals surface area contributed by atoms with Crippen molar-refractivity contribution in [3.63, 3.8) is 0 Å². The highest BCUT2D eigenvalue weighted by molar-refractivity contribution is 5.40. The summed E-state index contributed by atoms with van der Waals surface area (Å²) in [6.45, 7) is 2.17. The van der Waals surface area contributed by atoms with Gasteiger partial charge in [0.05, 0.1) is 12.7 Å². The maximum absolute atomic E-state index is 10.8. The lowest BCUT2D eigenvalue weighted by atomic mass is 9.76. The molecule has 0 saturated carbocycles. The smallest absolute Gasteiger partial charge is 0.119 e. The van der Waals surface area contributed by atoms with Crippen LogP contribution in [0.15, 0.2) is 18.2 Å². The predicted octanol–water partition coefficient (Wildman–Crippen LogP) is 3.41. The molecule has 1 aromatic carbocycles. The minimum atomic E-state index is -0.601. The summed E-state index contributed by atoms with van der Waals surface area (Å²) in [6.07, 6.45) is 6.12. The first kappa shape index (κ1) is 12.4. The zero-order chi connectivity index (χ0) is 12.3. The van der Waals surface area contributed by atoms with Gasteiger partial charge in [-0.3, -0.25) is 0 Å². The van der Waals surface area contributed by atoms with Gasteiger partial charge >= 0.3 is 0 Å². The first-order valence-corrected chi connectivity index (χ1v) is 6.59. The van der Waals surface area contributed by atoms with Crippen LogP contribution in [0.5, 0.6) is 5.75 Å². The Kier molecular flexibility index (Phi) is 3.72. The molecule has 0 amide bonds. The fourth-order valence-electron chi connectivity index (χ4n) is 2.79. The van der Waals surface area contributed by atoms with E-state index in [9.17, 15) is 5.11 Å². The molecule has 94 valence electrons. The van der Waals surface area contributed by atoms with Crippen LogP contribution in [0.1, 0.15) is 50.2 Å². The van der Waals surface area contributed by atoms with Gasteiger partial charge in [-0.25, -0.2) is 0 Å². The molecule has 0 fully saturated rings. The summed E-state index contributed by atoms with van der Waals surface area (Å²) >= 11 is 0. The van der Waals surface area contributed by atoms with Crippen molar-refractivity contribution in [3.8, 4) is 5.75 Å². The first-order valence-electron chi connectivity index (χ1n) is 6.59. The Morgan fingerprint density at radius 2 is 2.24 bits per heavy atom. The molecule has 1 aromatic rings. The van der Waals surface area contributed by atoms with Gasteiger partial charge in [-0.1, -0.05) is 25.8 Å². The van der Waals surface area contributed by atoms with Crippen molar-refractivity contribution < 1.29 is 9.84 Å². The largest absolute Gasteiger partial charge is 0.497 e. The molecule has 0 bridgehead atoms. The lowest BCUT2D eigenvalue weighted by Gasteiger charge is -2.35.